The number of hydrogen-bond donors (Lipinski definition) is 0. The molecular formula is C20H18ClNO5. The number of hydrogen-bond acceptors (Lipinski definition) is 6. The Bertz CT molecular complexity index is 990. The summed E-state index contributed by atoms with van der Waals surface area (Å²) in [6, 6.07) is 12.3. The maximum Gasteiger partial charge on any atom is 0.356 e. The Morgan fingerprint density at radius 1 is 1.00 bits per heavy atom. The first kappa shape index (κ1) is 18.8. The second-order valence-electron chi connectivity index (χ2n) is 5.64. The largest absolute Gasteiger partial charge is 0.493 e. The highest BCUT2D eigenvalue weighted by Gasteiger charge is 2.16. The molecule has 0 saturated heterocycles. The summed E-state index contributed by atoms with van der Waals surface area (Å²) in [5.74, 6) is 0.950. The summed E-state index contributed by atoms with van der Waals surface area (Å²) in [6.07, 6.45) is 0. The number of benzene rings is 2. The van der Waals surface area contributed by atoms with Crippen LogP contribution in [0.15, 0.2) is 42.5 Å². The molecule has 0 aliphatic heterocycles. The van der Waals surface area contributed by atoms with Crippen LogP contribution >= 0.6 is 11.6 Å². The predicted molar refractivity (Wildman–Crippen MR) is 102 cm³/mol. The van der Waals surface area contributed by atoms with Gasteiger partial charge in [0.15, 0.2) is 17.2 Å². The summed E-state index contributed by atoms with van der Waals surface area (Å²) in [7, 11) is 4.38. The number of rotatable bonds is 6. The standard InChI is InChI=1S/C20H18ClNO5/c1-24-18-8-14-15(9-19(18)25-2)22-16(20(23)26-3)10-17(14)27-11-12-5-4-6-13(21)7-12/h4-10H,11H2,1-3H3. The zero-order valence-corrected chi connectivity index (χ0v) is 15.9. The molecule has 0 amide bonds. The minimum atomic E-state index is -0.556. The average Bonchev–Trinajstić information content (AvgIpc) is 2.70. The number of esters is 1. The molecule has 6 nitrogen and oxygen atoms in total. The fourth-order valence-corrected chi connectivity index (χ4v) is 2.85. The molecule has 3 aromatic rings. The van der Waals surface area contributed by atoms with E-state index in [4.69, 9.17) is 30.5 Å². The lowest BCUT2D eigenvalue weighted by Crippen LogP contribution is -2.06. The van der Waals surface area contributed by atoms with Crippen LogP contribution in [0.3, 0.4) is 0 Å². The second-order valence-corrected chi connectivity index (χ2v) is 6.08. The molecule has 0 radical (unpaired) electrons. The highest BCUT2D eigenvalue weighted by atomic mass is 35.5. The Morgan fingerprint density at radius 2 is 1.74 bits per heavy atom. The van der Waals surface area contributed by atoms with Crippen LogP contribution in [0, 0.1) is 0 Å². The van der Waals surface area contributed by atoms with E-state index in [2.05, 4.69) is 4.98 Å². The molecule has 1 aromatic heterocycles. The Balaban J connectivity index is 2.08. The molecule has 0 saturated carbocycles. The van der Waals surface area contributed by atoms with Crippen molar-refractivity contribution in [2.75, 3.05) is 21.3 Å². The van der Waals surface area contributed by atoms with Gasteiger partial charge in [0.2, 0.25) is 0 Å². The van der Waals surface area contributed by atoms with Gasteiger partial charge in [0, 0.05) is 22.5 Å². The molecule has 0 aliphatic rings. The van der Waals surface area contributed by atoms with Gasteiger partial charge in [0.1, 0.15) is 12.4 Å². The van der Waals surface area contributed by atoms with Gasteiger partial charge in [-0.1, -0.05) is 23.7 Å². The summed E-state index contributed by atoms with van der Waals surface area (Å²) in [4.78, 5) is 16.3. The van der Waals surface area contributed by atoms with Crippen LogP contribution < -0.4 is 14.2 Å². The molecule has 0 fully saturated rings. The second kappa shape index (κ2) is 8.14. The third-order valence-electron chi connectivity index (χ3n) is 3.95. The van der Waals surface area contributed by atoms with Gasteiger partial charge in [-0.05, 0) is 23.8 Å². The van der Waals surface area contributed by atoms with Crippen molar-refractivity contribution >= 4 is 28.5 Å². The van der Waals surface area contributed by atoms with Crippen molar-refractivity contribution in [3.05, 3.63) is 58.7 Å². The molecule has 3 rings (SSSR count). The van der Waals surface area contributed by atoms with Crippen LogP contribution in [0.2, 0.25) is 5.02 Å². The number of fused-ring (bicyclic) bond motifs is 1. The first-order valence-corrected chi connectivity index (χ1v) is 8.46. The lowest BCUT2D eigenvalue weighted by atomic mass is 10.1. The van der Waals surface area contributed by atoms with E-state index in [9.17, 15) is 4.79 Å². The summed E-state index contributed by atoms with van der Waals surface area (Å²) < 4.78 is 21.4. The van der Waals surface area contributed by atoms with Crippen LogP contribution in [-0.4, -0.2) is 32.3 Å². The highest BCUT2D eigenvalue weighted by molar-refractivity contribution is 6.30. The summed E-state index contributed by atoms with van der Waals surface area (Å²) in [6.45, 7) is 0.272. The average molecular weight is 388 g/mol. The molecule has 140 valence electrons. The van der Waals surface area contributed by atoms with E-state index < -0.39 is 5.97 Å². The van der Waals surface area contributed by atoms with E-state index in [0.29, 0.717) is 33.2 Å². The van der Waals surface area contributed by atoms with Crippen molar-refractivity contribution in [1.29, 1.82) is 0 Å². The van der Waals surface area contributed by atoms with Crippen molar-refractivity contribution in [1.82, 2.24) is 4.98 Å². The maximum atomic E-state index is 12.0. The quantitative estimate of drug-likeness (QED) is 0.588. The Kier molecular flexibility index (Phi) is 5.66. The van der Waals surface area contributed by atoms with E-state index in [1.54, 1.807) is 31.4 Å². The molecule has 0 N–H and O–H groups in total. The van der Waals surface area contributed by atoms with Crippen molar-refractivity contribution < 1.29 is 23.7 Å². The van der Waals surface area contributed by atoms with Gasteiger partial charge >= 0.3 is 5.97 Å². The summed E-state index contributed by atoms with van der Waals surface area (Å²) in [5.41, 5.74) is 1.56. The Hall–Kier alpha value is -2.99. The van der Waals surface area contributed by atoms with Crippen LogP contribution in [0.25, 0.3) is 10.9 Å². The molecule has 0 aliphatic carbocycles. The van der Waals surface area contributed by atoms with Gasteiger partial charge in [-0.2, -0.15) is 0 Å². The minimum absolute atomic E-state index is 0.137. The van der Waals surface area contributed by atoms with E-state index in [0.717, 1.165) is 5.56 Å². The topological polar surface area (TPSA) is 66.9 Å². The van der Waals surface area contributed by atoms with E-state index in [1.807, 2.05) is 18.2 Å². The first-order chi connectivity index (χ1) is 13.0. The van der Waals surface area contributed by atoms with Crippen molar-refractivity contribution in [3.8, 4) is 17.2 Å². The number of nitrogens with zero attached hydrogens (tertiary/aromatic N) is 1. The number of ether oxygens (including phenoxy) is 4. The molecule has 0 spiro atoms. The number of aromatic nitrogens is 1. The molecule has 27 heavy (non-hydrogen) atoms. The van der Waals surface area contributed by atoms with Gasteiger partial charge in [-0.25, -0.2) is 9.78 Å². The third kappa shape index (κ3) is 4.06. The summed E-state index contributed by atoms with van der Waals surface area (Å²) >= 11 is 6.02. The monoisotopic (exact) mass is 387 g/mol. The van der Waals surface area contributed by atoms with E-state index in [-0.39, 0.29) is 12.3 Å². The molecule has 0 unspecified atom stereocenters. The van der Waals surface area contributed by atoms with E-state index in [1.165, 1.54) is 14.2 Å². The fourth-order valence-electron chi connectivity index (χ4n) is 2.64. The summed E-state index contributed by atoms with van der Waals surface area (Å²) in [5, 5.41) is 1.31. The Morgan fingerprint density at radius 3 is 2.41 bits per heavy atom. The zero-order valence-electron chi connectivity index (χ0n) is 15.1. The molecule has 0 atom stereocenters. The third-order valence-corrected chi connectivity index (χ3v) is 4.19. The van der Waals surface area contributed by atoms with Gasteiger partial charge in [0.05, 0.1) is 26.8 Å². The van der Waals surface area contributed by atoms with Gasteiger partial charge in [-0.15, -0.1) is 0 Å². The lowest BCUT2D eigenvalue weighted by Gasteiger charge is -2.14. The molecule has 7 heteroatoms. The van der Waals surface area contributed by atoms with Gasteiger partial charge in [0.25, 0.3) is 0 Å². The van der Waals surface area contributed by atoms with Gasteiger partial charge < -0.3 is 18.9 Å². The number of methoxy groups -OCH3 is 3. The van der Waals surface area contributed by atoms with Crippen LogP contribution in [-0.2, 0) is 11.3 Å². The lowest BCUT2D eigenvalue weighted by molar-refractivity contribution is 0.0594. The van der Waals surface area contributed by atoms with Crippen molar-refractivity contribution in [3.63, 3.8) is 0 Å². The van der Waals surface area contributed by atoms with Crippen LogP contribution in [0.1, 0.15) is 16.1 Å². The normalized spacial score (nSPS) is 10.5. The van der Waals surface area contributed by atoms with Crippen molar-refractivity contribution in [2.24, 2.45) is 0 Å². The highest BCUT2D eigenvalue weighted by Crippen LogP contribution is 2.36. The SMILES string of the molecule is COC(=O)c1cc(OCc2cccc(Cl)c2)c2cc(OC)c(OC)cc2n1. The number of carbonyl (C=O) groups excluding carboxylic acids is 1. The Labute approximate surface area is 161 Å². The van der Waals surface area contributed by atoms with Gasteiger partial charge in [-0.3, -0.25) is 0 Å². The minimum Gasteiger partial charge on any atom is -0.493 e. The smallest absolute Gasteiger partial charge is 0.356 e. The zero-order chi connectivity index (χ0) is 19.4. The maximum absolute atomic E-state index is 12.0. The van der Waals surface area contributed by atoms with E-state index >= 15 is 0 Å². The number of halogens is 1. The van der Waals surface area contributed by atoms with Crippen molar-refractivity contribution in [2.45, 2.75) is 6.61 Å². The number of pyridine rings is 1. The predicted octanol–water partition coefficient (Wildman–Crippen LogP) is 4.27. The van der Waals surface area contributed by atoms with Crippen LogP contribution in [0.5, 0.6) is 17.2 Å². The number of carbonyl (C=O) groups is 1. The molecule has 2 aromatic carbocycles. The first-order valence-electron chi connectivity index (χ1n) is 8.08. The van der Waals surface area contributed by atoms with Crippen LogP contribution in [0.4, 0.5) is 0 Å². The molecule has 0 bridgehead atoms. The fraction of sp³-hybridized carbons (Fsp3) is 0.200. The molecular weight excluding hydrogens is 370 g/mol. The molecule has 1 heterocycles.